The third kappa shape index (κ3) is 3.79. The molecule has 0 saturated carbocycles. The summed E-state index contributed by atoms with van der Waals surface area (Å²) in [6, 6.07) is 10.1. The maximum absolute atomic E-state index is 5.76. The molecule has 0 fully saturated rings. The molecule has 0 aliphatic heterocycles. The number of para-hydroxylation sites is 1. The van der Waals surface area contributed by atoms with Gasteiger partial charge in [-0.1, -0.05) is 18.2 Å². The van der Waals surface area contributed by atoms with Crippen molar-refractivity contribution in [2.45, 2.75) is 6.54 Å². The molecule has 20 heavy (non-hydrogen) atoms. The van der Waals surface area contributed by atoms with Crippen LogP contribution in [0.25, 0.3) is 11.1 Å². The molecule has 1 aromatic carbocycles. The Balaban J connectivity index is 2.24. The summed E-state index contributed by atoms with van der Waals surface area (Å²) in [7, 11) is 3.59. The largest absolute Gasteiger partial charge is 0.491 e. The van der Waals surface area contributed by atoms with Gasteiger partial charge in [0.15, 0.2) is 0 Å². The van der Waals surface area contributed by atoms with Crippen LogP contribution >= 0.6 is 0 Å². The van der Waals surface area contributed by atoms with Gasteiger partial charge in [-0.05, 0) is 24.7 Å². The summed E-state index contributed by atoms with van der Waals surface area (Å²) in [5.41, 5.74) is 3.26. The topological polar surface area (TPSA) is 43.4 Å². The first-order chi connectivity index (χ1) is 9.85. The van der Waals surface area contributed by atoms with E-state index >= 15 is 0 Å². The first-order valence-corrected chi connectivity index (χ1v) is 6.65. The minimum atomic E-state index is 0.539. The van der Waals surface area contributed by atoms with Crippen molar-refractivity contribution in [3.8, 4) is 16.9 Å². The SMILES string of the molecule is CNCc1cncc(-c2ccccc2OCCOC)c1. The van der Waals surface area contributed by atoms with Crippen LogP contribution in [-0.4, -0.2) is 32.4 Å². The molecule has 4 heteroatoms. The van der Waals surface area contributed by atoms with E-state index in [2.05, 4.69) is 16.4 Å². The Morgan fingerprint density at radius 2 is 2.00 bits per heavy atom. The Hall–Kier alpha value is -1.91. The monoisotopic (exact) mass is 272 g/mol. The quantitative estimate of drug-likeness (QED) is 0.786. The van der Waals surface area contributed by atoms with Gasteiger partial charge in [-0.25, -0.2) is 0 Å². The number of nitrogens with zero attached hydrogens (tertiary/aromatic N) is 1. The number of nitrogens with one attached hydrogen (secondary N) is 1. The number of pyridine rings is 1. The second kappa shape index (κ2) is 7.62. The predicted molar refractivity (Wildman–Crippen MR) is 79.8 cm³/mol. The molecule has 1 aromatic heterocycles. The van der Waals surface area contributed by atoms with E-state index < -0.39 is 0 Å². The maximum atomic E-state index is 5.76. The van der Waals surface area contributed by atoms with Crippen LogP contribution in [0.4, 0.5) is 0 Å². The number of methoxy groups -OCH3 is 1. The molecule has 0 unspecified atom stereocenters. The molecule has 2 aromatic rings. The van der Waals surface area contributed by atoms with Crippen LogP contribution in [0.3, 0.4) is 0 Å². The van der Waals surface area contributed by atoms with E-state index in [1.54, 1.807) is 7.11 Å². The van der Waals surface area contributed by atoms with Gasteiger partial charge in [-0.3, -0.25) is 4.98 Å². The fraction of sp³-hybridized carbons (Fsp3) is 0.312. The number of ether oxygens (including phenoxy) is 2. The molecular formula is C16H20N2O2. The van der Waals surface area contributed by atoms with Crippen LogP contribution < -0.4 is 10.1 Å². The van der Waals surface area contributed by atoms with Crippen molar-refractivity contribution in [1.29, 1.82) is 0 Å². The Morgan fingerprint density at radius 3 is 2.80 bits per heavy atom. The summed E-state index contributed by atoms with van der Waals surface area (Å²) < 4.78 is 10.8. The summed E-state index contributed by atoms with van der Waals surface area (Å²) in [4.78, 5) is 4.30. The van der Waals surface area contributed by atoms with E-state index in [0.29, 0.717) is 13.2 Å². The summed E-state index contributed by atoms with van der Waals surface area (Å²) in [6.45, 7) is 1.91. The van der Waals surface area contributed by atoms with Crippen molar-refractivity contribution in [2.24, 2.45) is 0 Å². The highest BCUT2D eigenvalue weighted by molar-refractivity contribution is 5.70. The standard InChI is InChI=1S/C16H20N2O2/c1-17-10-13-9-14(12-18-11-13)15-5-3-4-6-16(15)20-8-7-19-2/h3-6,9,11-12,17H,7-8,10H2,1-2H3. The van der Waals surface area contributed by atoms with Gasteiger partial charge < -0.3 is 14.8 Å². The van der Waals surface area contributed by atoms with Crippen molar-refractivity contribution in [3.63, 3.8) is 0 Å². The lowest BCUT2D eigenvalue weighted by atomic mass is 10.0. The van der Waals surface area contributed by atoms with Crippen LogP contribution in [0.2, 0.25) is 0 Å². The number of rotatable bonds is 7. The summed E-state index contributed by atoms with van der Waals surface area (Å²) in [5, 5.41) is 3.13. The van der Waals surface area contributed by atoms with Gasteiger partial charge in [0.2, 0.25) is 0 Å². The van der Waals surface area contributed by atoms with Gasteiger partial charge >= 0.3 is 0 Å². The summed E-state index contributed by atoms with van der Waals surface area (Å²) in [5.74, 6) is 0.855. The van der Waals surface area contributed by atoms with E-state index in [0.717, 1.165) is 29.0 Å². The first-order valence-electron chi connectivity index (χ1n) is 6.65. The molecule has 2 rings (SSSR count). The third-order valence-corrected chi connectivity index (χ3v) is 2.92. The zero-order valence-corrected chi connectivity index (χ0v) is 11.9. The van der Waals surface area contributed by atoms with Crippen molar-refractivity contribution < 1.29 is 9.47 Å². The van der Waals surface area contributed by atoms with Crippen molar-refractivity contribution >= 4 is 0 Å². The lowest BCUT2D eigenvalue weighted by molar-refractivity contribution is 0.146. The minimum absolute atomic E-state index is 0.539. The fourth-order valence-corrected chi connectivity index (χ4v) is 2.00. The molecule has 0 aliphatic rings. The van der Waals surface area contributed by atoms with Crippen LogP contribution in [-0.2, 0) is 11.3 Å². The van der Waals surface area contributed by atoms with Crippen LogP contribution in [0.1, 0.15) is 5.56 Å². The summed E-state index contributed by atoms with van der Waals surface area (Å²) in [6.07, 6.45) is 3.73. The Bertz CT molecular complexity index is 544. The number of aromatic nitrogens is 1. The van der Waals surface area contributed by atoms with Gasteiger partial charge in [-0.15, -0.1) is 0 Å². The van der Waals surface area contributed by atoms with Crippen LogP contribution in [0.5, 0.6) is 5.75 Å². The molecule has 0 amide bonds. The average molecular weight is 272 g/mol. The molecule has 1 N–H and O–H groups in total. The second-order valence-electron chi connectivity index (χ2n) is 4.45. The molecular weight excluding hydrogens is 252 g/mol. The van der Waals surface area contributed by atoms with Gasteiger partial charge in [0.25, 0.3) is 0 Å². The predicted octanol–water partition coefficient (Wildman–Crippen LogP) is 2.49. The minimum Gasteiger partial charge on any atom is -0.491 e. The van der Waals surface area contributed by atoms with Crippen LogP contribution in [0.15, 0.2) is 42.7 Å². The smallest absolute Gasteiger partial charge is 0.127 e. The molecule has 0 saturated heterocycles. The van der Waals surface area contributed by atoms with Gasteiger partial charge in [0.05, 0.1) is 6.61 Å². The lowest BCUT2D eigenvalue weighted by Crippen LogP contribution is -2.06. The molecule has 0 atom stereocenters. The average Bonchev–Trinajstić information content (AvgIpc) is 2.49. The van der Waals surface area contributed by atoms with Gasteiger partial charge in [0, 0.05) is 37.2 Å². The number of hydrogen-bond donors (Lipinski definition) is 1. The van der Waals surface area contributed by atoms with Gasteiger partial charge in [-0.2, -0.15) is 0 Å². The summed E-state index contributed by atoms with van der Waals surface area (Å²) >= 11 is 0. The first kappa shape index (κ1) is 14.5. The van der Waals surface area contributed by atoms with E-state index in [4.69, 9.17) is 9.47 Å². The zero-order valence-electron chi connectivity index (χ0n) is 11.9. The van der Waals surface area contributed by atoms with E-state index in [9.17, 15) is 0 Å². The maximum Gasteiger partial charge on any atom is 0.127 e. The van der Waals surface area contributed by atoms with E-state index in [1.165, 1.54) is 0 Å². The van der Waals surface area contributed by atoms with Crippen molar-refractivity contribution in [3.05, 3.63) is 48.3 Å². The second-order valence-corrected chi connectivity index (χ2v) is 4.45. The van der Waals surface area contributed by atoms with Crippen molar-refractivity contribution in [1.82, 2.24) is 10.3 Å². The molecule has 0 bridgehead atoms. The normalized spacial score (nSPS) is 10.5. The van der Waals surface area contributed by atoms with Gasteiger partial charge in [0.1, 0.15) is 12.4 Å². The van der Waals surface area contributed by atoms with Crippen molar-refractivity contribution in [2.75, 3.05) is 27.4 Å². The molecule has 106 valence electrons. The van der Waals surface area contributed by atoms with Crippen LogP contribution in [0, 0.1) is 0 Å². The van der Waals surface area contributed by atoms with E-state index in [-0.39, 0.29) is 0 Å². The number of benzene rings is 1. The Morgan fingerprint density at radius 1 is 1.15 bits per heavy atom. The Kier molecular flexibility index (Phi) is 5.53. The lowest BCUT2D eigenvalue weighted by Gasteiger charge is -2.12. The highest BCUT2D eigenvalue weighted by Gasteiger charge is 2.07. The van der Waals surface area contributed by atoms with E-state index in [1.807, 2.05) is 43.7 Å². The molecule has 4 nitrogen and oxygen atoms in total. The third-order valence-electron chi connectivity index (χ3n) is 2.92. The molecule has 0 radical (unpaired) electrons. The molecule has 0 aliphatic carbocycles. The zero-order chi connectivity index (χ0) is 14.2. The highest BCUT2D eigenvalue weighted by Crippen LogP contribution is 2.29. The molecule has 0 spiro atoms. The number of hydrogen-bond acceptors (Lipinski definition) is 4. The Labute approximate surface area is 119 Å². The molecule has 1 heterocycles. The highest BCUT2D eigenvalue weighted by atomic mass is 16.5. The fourth-order valence-electron chi connectivity index (χ4n) is 2.00.